The molecule has 0 aliphatic carbocycles. The first-order valence-electron chi connectivity index (χ1n) is 12.9. The molecule has 2 unspecified atom stereocenters. The van der Waals surface area contributed by atoms with Gasteiger partial charge in [0, 0.05) is 12.6 Å². The summed E-state index contributed by atoms with van der Waals surface area (Å²) in [6, 6.07) is 8.38. The van der Waals surface area contributed by atoms with E-state index in [0.717, 1.165) is 48.2 Å². The van der Waals surface area contributed by atoms with Crippen molar-refractivity contribution in [2.24, 2.45) is 5.92 Å². The number of allylic oxidation sites excluding steroid dienone is 3. The van der Waals surface area contributed by atoms with Crippen LogP contribution in [0, 0.1) is 5.92 Å². The van der Waals surface area contributed by atoms with Crippen LogP contribution in [-0.4, -0.2) is 25.5 Å². The van der Waals surface area contributed by atoms with Crippen molar-refractivity contribution in [1.82, 2.24) is 0 Å². The Kier molecular flexibility index (Phi) is 12.0. The van der Waals surface area contributed by atoms with Crippen molar-refractivity contribution in [2.45, 2.75) is 59.3 Å². The summed E-state index contributed by atoms with van der Waals surface area (Å²) < 4.78 is 30.5. The van der Waals surface area contributed by atoms with Gasteiger partial charge in [-0.1, -0.05) is 59.4 Å². The molecule has 0 aliphatic heterocycles. The molecule has 2 atom stereocenters. The van der Waals surface area contributed by atoms with Gasteiger partial charge in [-0.3, -0.25) is 0 Å². The second kappa shape index (κ2) is 14.7. The number of anilines is 1. The Bertz CT molecular complexity index is 1140. The zero-order chi connectivity index (χ0) is 27.5. The van der Waals surface area contributed by atoms with Gasteiger partial charge in [0.1, 0.15) is 5.75 Å². The van der Waals surface area contributed by atoms with Crippen molar-refractivity contribution in [1.29, 1.82) is 0 Å². The average Bonchev–Trinajstić information content (AvgIpc) is 2.88. The van der Waals surface area contributed by atoms with Gasteiger partial charge in [-0.25, -0.2) is 4.21 Å². The van der Waals surface area contributed by atoms with E-state index < -0.39 is 11.1 Å². The Morgan fingerprint density at radius 2 is 1.76 bits per heavy atom. The van der Waals surface area contributed by atoms with Crippen LogP contribution >= 0.6 is 0 Å². The first kappa shape index (κ1) is 30.2. The van der Waals surface area contributed by atoms with Gasteiger partial charge in [0.25, 0.3) is 0 Å². The second-order valence-electron chi connectivity index (χ2n) is 9.52. The molecule has 0 saturated carbocycles. The third-order valence-electron chi connectivity index (χ3n) is 6.30. The highest BCUT2D eigenvalue weighted by atomic mass is 32.2. The molecule has 1 N–H and O–H groups in total. The van der Waals surface area contributed by atoms with Crippen molar-refractivity contribution < 1.29 is 17.9 Å². The van der Waals surface area contributed by atoms with E-state index in [9.17, 15) is 4.21 Å². The van der Waals surface area contributed by atoms with Crippen LogP contribution in [0.1, 0.15) is 62.3 Å². The lowest BCUT2D eigenvalue weighted by atomic mass is 9.85. The summed E-state index contributed by atoms with van der Waals surface area (Å²) in [6.07, 6.45) is 8.35. The maximum Gasteiger partial charge on any atom is 0.240 e. The summed E-state index contributed by atoms with van der Waals surface area (Å²) in [4.78, 5) is 0.451. The lowest BCUT2D eigenvalue weighted by Gasteiger charge is -2.23. The van der Waals surface area contributed by atoms with Crippen LogP contribution in [0.4, 0.5) is 5.69 Å². The van der Waals surface area contributed by atoms with Gasteiger partial charge in [0.05, 0.1) is 24.8 Å². The fraction of sp³-hybridized carbons (Fsp3) is 0.419. The quantitative estimate of drug-likeness (QED) is 0.243. The smallest absolute Gasteiger partial charge is 0.240 e. The number of aryl methyl sites for hydroxylation is 1. The minimum Gasteiger partial charge on any atom is -0.495 e. The summed E-state index contributed by atoms with van der Waals surface area (Å²) >= 11 is -1.75. The normalized spacial score (nSPS) is 13.1. The summed E-state index contributed by atoms with van der Waals surface area (Å²) in [5.41, 5.74) is 5.77. The Hall–Kier alpha value is -2.99. The molecular weight excluding hydrogens is 482 g/mol. The van der Waals surface area contributed by atoms with Gasteiger partial charge in [-0.2, -0.15) is 0 Å². The third-order valence-corrected chi connectivity index (χ3v) is 7.30. The summed E-state index contributed by atoms with van der Waals surface area (Å²) in [6.45, 7) is 16.2. The molecule has 5 nitrogen and oxygen atoms in total. The predicted molar refractivity (Wildman–Crippen MR) is 157 cm³/mol. The van der Waals surface area contributed by atoms with Crippen LogP contribution in [0.15, 0.2) is 60.6 Å². The first-order chi connectivity index (χ1) is 17.7. The number of benzene rings is 2. The van der Waals surface area contributed by atoms with Crippen molar-refractivity contribution >= 4 is 16.8 Å². The summed E-state index contributed by atoms with van der Waals surface area (Å²) in [7, 11) is 5.23. The highest BCUT2D eigenvalue weighted by molar-refractivity contribution is 7.84. The minimum absolute atomic E-state index is 0.225. The highest BCUT2D eigenvalue weighted by Gasteiger charge is 2.23. The topological polar surface area (TPSA) is 56.8 Å². The minimum atomic E-state index is -1.75. The van der Waals surface area contributed by atoms with E-state index in [-0.39, 0.29) is 5.92 Å². The second-order valence-corrected chi connectivity index (χ2v) is 10.6. The number of rotatable bonds is 15. The Morgan fingerprint density at radius 3 is 2.30 bits per heavy atom. The number of hydrogen-bond acceptors (Lipinski definition) is 5. The SMILES string of the molecule is C=C/C=C(\C=C)S(=O)Oc1c(OC)ccc(CC(C)c2cc(OC)c(NC)cc2CCC)c1CC(C)C. The number of nitrogens with one attached hydrogen (secondary N) is 1. The van der Waals surface area contributed by atoms with E-state index in [2.05, 4.69) is 64.4 Å². The monoisotopic (exact) mass is 525 g/mol. The largest absolute Gasteiger partial charge is 0.495 e. The van der Waals surface area contributed by atoms with Crippen LogP contribution in [0.3, 0.4) is 0 Å². The van der Waals surface area contributed by atoms with Crippen LogP contribution in [0.25, 0.3) is 0 Å². The van der Waals surface area contributed by atoms with E-state index in [0.29, 0.717) is 22.3 Å². The lowest BCUT2D eigenvalue weighted by Crippen LogP contribution is -2.11. The maximum atomic E-state index is 13.1. The van der Waals surface area contributed by atoms with Crippen LogP contribution in [0.2, 0.25) is 0 Å². The van der Waals surface area contributed by atoms with Crippen molar-refractivity contribution in [2.75, 3.05) is 26.6 Å². The van der Waals surface area contributed by atoms with Crippen molar-refractivity contribution in [3.8, 4) is 17.2 Å². The van der Waals surface area contributed by atoms with E-state index in [1.807, 2.05) is 13.1 Å². The molecule has 0 heterocycles. The first-order valence-corrected chi connectivity index (χ1v) is 13.9. The Balaban J connectivity index is 2.60. The van der Waals surface area contributed by atoms with E-state index in [4.69, 9.17) is 13.7 Å². The molecule has 0 radical (unpaired) electrons. The molecule has 0 bridgehead atoms. The molecule has 2 aromatic rings. The highest BCUT2D eigenvalue weighted by Crippen LogP contribution is 2.40. The average molecular weight is 526 g/mol. The molecule has 0 saturated heterocycles. The third kappa shape index (κ3) is 7.75. The zero-order valence-corrected chi connectivity index (χ0v) is 24.3. The predicted octanol–water partition coefficient (Wildman–Crippen LogP) is 7.54. The van der Waals surface area contributed by atoms with Gasteiger partial charge in [-0.15, -0.1) is 0 Å². The molecule has 0 aromatic heterocycles. The molecule has 0 amide bonds. The standard InChI is InChI=1S/C31H43NO4S/c1-10-13-23-19-28(32-7)30(35-9)20-26(23)22(6)18-24-15-16-29(34-8)31(27(24)17-21(4)5)36-37(33)25(12-3)14-11-2/h11-12,14-16,19-22,32H,2-3,10,13,17-18H2,1,4-9H3/b25-14+. The molecule has 2 aromatic carbocycles. The number of ether oxygens (including phenoxy) is 2. The molecule has 0 fully saturated rings. The van der Waals surface area contributed by atoms with E-state index in [1.165, 1.54) is 17.2 Å². The molecule has 0 spiro atoms. The molecule has 202 valence electrons. The van der Waals surface area contributed by atoms with Crippen molar-refractivity contribution in [3.63, 3.8) is 0 Å². The Morgan fingerprint density at radius 1 is 1.05 bits per heavy atom. The van der Waals surface area contributed by atoms with Gasteiger partial charge in [0.2, 0.25) is 11.1 Å². The Labute approximate surface area is 226 Å². The van der Waals surface area contributed by atoms with Crippen LogP contribution in [-0.2, 0) is 30.3 Å². The molecule has 0 aliphatic rings. The summed E-state index contributed by atoms with van der Waals surface area (Å²) in [5, 5.41) is 3.25. The fourth-order valence-electron chi connectivity index (χ4n) is 4.54. The van der Waals surface area contributed by atoms with E-state index in [1.54, 1.807) is 26.4 Å². The molecule has 2 rings (SSSR count). The lowest BCUT2D eigenvalue weighted by molar-refractivity contribution is 0.394. The van der Waals surface area contributed by atoms with Crippen molar-refractivity contribution in [3.05, 3.63) is 82.8 Å². The van der Waals surface area contributed by atoms with E-state index >= 15 is 0 Å². The molecular formula is C31H43NO4S. The number of methoxy groups -OCH3 is 2. The number of hydrogen-bond donors (Lipinski definition) is 1. The maximum absolute atomic E-state index is 13.1. The van der Waals surface area contributed by atoms with Gasteiger partial charge < -0.3 is 19.0 Å². The van der Waals surface area contributed by atoms with Gasteiger partial charge in [0.15, 0.2) is 11.5 Å². The molecule has 6 heteroatoms. The van der Waals surface area contributed by atoms with Gasteiger partial charge in [-0.05, 0) is 78.1 Å². The summed E-state index contributed by atoms with van der Waals surface area (Å²) in [5.74, 6) is 2.52. The zero-order valence-electron chi connectivity index (χ0n) is 23.5. The van der Waals surface area contributed by atoms with Crippen LogP contribution < -0.4 is 19.0 Å². The van der Waals surface area contributed by atoms with Crippen LogP contribution in [0.5, 0.6) is 17.2 Å². The fourth-order valence-corrected chi connectivity index (χ4v) is 5.32. The van der Waals surface area contributed by atoms with Gasteiger partial charge >= 0.3 is 0 Å². The molecule has 37 heavy (non-hydrogen) atoms.